The van der Waals surface area contributed by atoms with Gasteiger partial charge in [-0.25, -0.2) is 0 Å². The monoisotopic (exact) mass is 320 g/mol. The van der Waals surface area contributed by atoms with Crippen LogP contribution in [0.5, 0.6) is 5.75 Å². The molecule has 0 heterocycles. The molecule has 4 heteroatoms. The minimum absolute atomic E-state index is 0.0478. The molecule has 0 aliphatic rings. The van der Waals surface area contributed by atoms with Crippen molar-refractivity contribution in [2.24, 2.45) is 0 Å². The van der Waals surface area contributed by atoms with E-state index in [4.69, 9.17) is 16.3 Å². The Morgan fingerprint density at radius 1 is 1.14 bits per heavy atom. The zero-order chi connectivity index (χ0) is 15.1. The SMILES string of the molecule is CCCOc1ccccc1C(=O)CSc1ccccc1Cl. The molecule has 0 aliphatic heterocycles. The van der Waals surface area contributed by atoms with Gasteiger partial charge < -0.3 is 4.74 Å². The first-order valence-electron chi connectivity index (χ1n) is 6.84. The van der Waals surface area contributed by atoms with Crippen LogP contribution in [-0.2, 0) is 0 Å². The van der Waals surface area contributed by atoms with Crippen LogP contribution in [0.2, 0.25) is 5.02 Å². The van der Waals surface area contributed by atoms with Crippen LogP contribution in [-0.4, -0.2) is 18.1 Å². The number of thioether (sulfide) groups is 1. The Balaban J connectivity index is 2.05. The number of ketones is 1. The molecule has 2 nitrogen and oxygen atoms in total. The minimum Gasteiger partial charge on any atom is -0.493 e. The van der Waals surface area contributed by atoms with Crippen molar-refractivity contribution >= 4 is 29.1 Å². The summed E-state index contributed by atoms with van der Waals surface area (Å²) in [6, 6.07) is 14.9. The van der Waals surface area contributed by atoms with Gasteiger partial charge in [0.2, 0.25) is 0 Å². The van der Waals surface area contributed by atoms with Crippen molar-refractivity contribution in [2.75, 3.05) is 12.4 Å². The van der Waals surface area contributed by atoms with Gasteiger partial charge in [0, 0.05) is 4.90 Å². The normalized spacial score (nSPS) is 10.4. The first kappa shape index (κ1) is 15.9. The van der Waals surface area contributed by atoms with Crippen molar-refractivity contribution in [2.45, 2.75) is 18.2 Å². The smallest absolute Gasteiger partial charge is 0.176 e. The van der Waals surface area contributed by atoms with Crippen molar-refractivity contribution in [3.05, 3.63) is 59.1 Å². The van der Waals surface area contributed by atoms with Crippen LogP contribution >= 0.6 is 23.4 Å². The van der Waals surface area contributed by atoms with E-state index in [0.29, 0.717) is 28.7 Å². The second-order valence-electron chi connectivity index (χ2n) is 4.49. The molecule has 0 bridgehead atoms. The molecule has 0 amide bonds. The first-order valence-corrected chi connectivity index (χ1v) is 8.21. The molecule has 2 rings (SSSR count). The lowest BCUT2D eigenvalue weighted by molar-refractivity contribution is 0.101. The Kier molecular flexibility index (Phi) is 6.15. The van der Waals surface area contributed by atoms with E-state index in [2.05, 4.69) is 0 Å². The quantitative estimate of drug-likeness (QED) is 0.524. The van der Waals surface area contributed by atoms with Crippen LogP contribution in [0.15, 0.2) is 53.4 Å². The zero-order valence-electron chi connectivity index (χ0n) is 11.8. The fourth-order valence-electron chi connectivity index (χ4n) is 1.82. The lowest BCUT2D eigenvalue weighted by Gasteiger charge is -2.10. The van der Waals surface area contributed by atoms with Gasteiger partial charge in [-0.3, -0.25) is 4.79 Å². The molecule has 0 radical (unpaired) electrons. The highest BCUT2D eigenvalue weighted by Gasteiger charge is 2.13. The molecule has 0 saturated heterocycles. The molecule has 0 spiro atoms. The minimum atomic E-state index is 0.0478. The first-order chi connectivity index (χ1) is 10.2. The summed E-state index contributed by atoms with van der Waals surface area (Å²) in [5.74, 6) is 1.05. The van der Waals surface area contributed by atoms with Gasteiger partial charge in [-0.15, -0.1) is 11.8 Å². The van der Waals surface area contributed by atoms with Gasteiger partial charge in [0.15, 0.2) is 5.78 Å². The zero-order valence-corrected chi connectivity index (χ0v) is 13.4. The van der Waals surface area contributed by atoms with Gasteiger partial charge in [0.25, 0.3) is 0 Å². The van der Waals surface area contributed by atoms with Crippen LogP contribution in [0.4, 0.5) is 0 Å². The highest BCUT2D eigenvalue weighted by molar-refractivity contribution is 8.00. The Labute approximate surface area is 134 Å². The highest BCUT2D eigenvalue weighted by atomic mass is 35.5. The standard InChI is InChI=1S/C17H17ClO2S/c1-2-11-20-16-9-5-3-7-13(16)15(19)12-21-17-10-6-4-8-14(17)18/h3-10H,2,11-12H2,1H3. The molecule has 0 unspecified atom stereocenters. The summed E-state index contributed by atoms with van der Waals surface area (Å²) < 4.78 is 5.63. The van der Waals surface area contributed by atoms with Gasteiger partial charge in [0.05, 0.1) is 22.9 Å². The van der Waals surface area contributed by atoms with Crippen LogP contribution in [0.1, 0.15) is 23.7 Å². The number of carbonyl (C=O) groups is 1. The maximum atomic E-state index is 12.4. The van der Waals surface area contributed by atoms with E-state index in [0.717, 1.165) is 11.3 Å². The summed E-state index contributed by atoms with van der Waals surface area (Å²) in [5, 5.41) is 0.672. The molecular weight excluding hydrogens is 304 g/mol. The molecule has 0 N–H and O–H groups in total. The van der Waals surface area contributed by atoms with E-state index >= 15 is 0 Å². The predicted molar refractivity (Wildman–Crippen MR) is 88.7 cm³/mol. The molecule has 2 aromatic carbocycles. The van der Waals surface area contributed by atoms with E-state index in [-0.39, 0.29) is 5.78 Å². The summed E-state index contributed by atoms with van der Waals surface area (Å²) in [4.78, 5) is 13.3. The van der Waals surface area contributed by atoms with Gasteiger partial charge in [-0.1, -0.05) is 42.8 Å². The van der Waals surface area contributed by atoms with E-state index in [1.165, 1.54) is 11.8 Å². The van der Waals surface area contributed by atoms with E-state index in [9.17, 15) is 4.79 Å². The largest absolute Gasteiger partial charge is 0.493 e. The van der Waals surface area contributed by atoms with Crippen molar-refractivity contribution < 1.29 is 9.53 Å². The number of halogens is 1. The van der Waals surface area contributed by atoms with Crippen molar-refractivity contribution in [1.29, 1.82) is 0 Å². The van der Waals surface area contributed by atoms with Gasteiger partial charge in [-0.2, -0.15) is 0 Å². The molecular formula is C17H17ClO2S. The Morgan fingerprint density at radius 2 is 1.86 bits per heavy atom. The van der Waals surface area contributed by atoms with Gasteiger partial charge in [0.1, 0.15) is 5.75 Å². The third-order valence-electron chi connectivity index (χ3n) is 2.84. The maximum absolute atomic E-state index is 12.4. The van der Waals surface area contributed by atoms with Crippen LogP contribution in [0.3, 0.4) is 0 Å². The molecule has 21 heavy (non-hydrogen) atoms. The topological polar surface area (TPSA) is 26.3 Å². The molecule has 2 aromatic rings. The lowest BCUT2D eigenvalue weighted by Crippen LogP contribution is -2.06. The van der Waals surface area contributed by atoms with E-state index in [1.807, 2.05) is 49.4 Å². The van der Waals surface area contributed by atoms with E-state index in [1.54, 1.807) is 6.07 Å². The molecule has 0 atom stereocenters. The summed E-state index contributed by atoms with van der Waals surface area (Å²) in [6.07, 6.45) is 0.914. The van der Waals surface area contributed by atoms with Crippen molar-refractivity contribution in [1.82, 2.24) is 0 Å². The number of rotatable bonds is 7. The van der Waals surface area contributed by atoms with Gasteiger partial charge in [-0.05, 0) is 30.7 Å². The molecule has 0 fully saturated rings. The summed E-state index contributed by atoms with van der Waals surface area (Å²) in [6.45, 7) is 2.65. The Bertz CT molecular complexity index is 613. The average molecular weight is 321 g/mol. The van der Waals surface area contributed by atoms with Crippen molar-refractivity contribution in [3.8, 4) is 5.75 Å². The number of hydrogen-bond donors (Lipinski definition) is 0. The van der Waals surface area contributed by atoms with Crippen LogP contribution < -0.4 is 4.74 Å². The average Bonchev–Trinajstić information content (AvgIpc) is 2.52. The third-order valence-corrected chi connectivity index (χ3v) is 4.36. The fourth-order valence-corrected chi connectivity index (χ4v) is 2.94. The molecule has 0 aliphatic carbocycles. The Morgan fingerprint density at radius 3 is 2.62 bits per heavy atom. The molecule has 0 aromatic heterocycles. The van der Waals surface area contributed by atoms with E-state index < -0.39 is 0 Å². The number of carbonyl (C=O) groups excluding carboxylic acids is 1. The number of Topliss-reactive ketones (excluding diaryl/α,β-unsaturated/α-hetero) is 1. The number of para-hydroxylation sites is 1. The maximum Gasteiger partial charge on any atom is 0.176 e. The number of hydrogen-bond acceptors (Lipinski definition) is 3. The summed E-state index contributed by atoms with van der Waals surface area (Å²) >= 11 is 7.54. The lowest BCUT2D eigenvalue weighted by atomic mass is 10.1. The number of ether oxygens (including phenoxy) is 1. The molecule has 110 valence electrons. The fraction of sp³-hybridized carbons (Fsp3) is 0.235. The van der Waals surface area contributed by atoms with Crippen molar-refractivity contribution in [3.63, 3.8) is 0 Å². The second-order valence-corrected chi connectivity index (χ2v) is 5.91. The van der Waals surface area contributed by atoms with Crippen LogP contribution in [0, 0.1) is 0 Å². The second kappa shape index (κ2) is 8.11. The molecule has 0 saturated carbocycles. The summed E-state index contributed by atoms with van der Waals surface area (Å²) in [5.41, 5.74) is 0.630. The van der Waals surface area contributed by atoms with Gasteiger partial charge >= 0.3 is 0 Å². The number of benzene rings is 2. The summed E-state index contributed by atoms with van der Waals surface area (Å²) in [7, 11) is 0. The Hall–Kier alpha value is -1.45. The predicted octanol–water partition coefficient (Wildman–Crippen LogP) is 5.10. The van der Waals surface area contributed by atoms with Crippen LogP contribution in [0.25, 0.3) is 0 Å². The third kappa shape index (κ3) is 4.51. The highest BCUT2D eigenvalue weighted by Crippen LogP contribution is 2.28.